The SMILES string of the molecule is Cc1ccc(C(=O)N(CC#N)C2CCCC2)cc1C. The van der Waals surface area contributed by atoms with E-state index in [1.807, 2.05) is 32.0 Å². The molecule has 3 heteroatoms. The van der Waals surface area contributed by atoms with Crippen molar-refractivity contribution in [1.82, 2.24) is 4.90 Å². The van der Waals surface area contributed by atoms with E-state index in [9.17, 15) is 4.79 Å². The van der Waals surface area contributed by atoms with Crippen molar-refractivity contribution < 1.29 is 4.79 Å². The average molecular weight is 256 g/mol. The first-order chi connectivity index (χ1) is 9.13. The molecule has 0 saturated heterocycles. The van der Waals surface area contributed by atoms with Crippen LogP contribution in [0.3, 0.4) is 0 Å². The summed E-state index contributed by atoms with van der Waals surface area (Å²) in [6.07, 6.45) is 4.37. The monoisotopic (exact) mass is 256 g/mol. The minimum absolute atomic E-state index is 0.00319. The van der Waals surface area contributed by atoms with E-state index in [1.165, 1.54) is 5.56 Å². The zero-order chi connectivity index (χ0) is 13.8. The van der Waals surface area contributed by atoms with Crippen LogP contribution in [0.2, 0.25) is 0 Å². The molecule has 0 aliphatic heterocycles. The summed E-state index contributed by atoms with van der Waals surface area (Å²) in [6, 6.07) is 8.14. The zero-order valence-corrected chi connectivity index (χ0v) is 11.6. The normalized spacial score (nSPS) is 15.2. The van der Waals surface area contributed by atoms with E-state index in [-0.39, 0.29) is 18.5 Å². The van der Waals surface area contributed by atoms with Gasteiger partial charge in [0.25, 0.3) is 5.91 Å². The zero-order valence-electron chi connectivity index (χ0n) is 11.6. The molecule has 1 saturated carbocycles. The van der Waals surface area contributed by atoms with Crippen LogP contribution in [-0.2, 0) is 0 Å². The molecule has 1 aliphatic rings. The van der Waals surface area contributed by atoms with Gasteiger partial charge in [0.15, 0.2) is 0 Å². The van der Waals surface area contributed by atoms with Crippen molar-refractivity contribution in [3.8, 4) is 6.07 Å². The molecule has 0 heterocycles. The van der Waals surface area contributed by atoms with Crippen LogP contribution < -0.4 is 0 Å². The molecule has 19 heavy (non-hydrogen) atoms. The number of nitrogens with zero attached hydrogens (tertiary/aromatic N) is 2. The number of amides is 1. The summed E-state index contributed by atoms with van der Waals surface area (Å²) in [4.78, 5) is 14.3. The Morgan fingerprint density at radius 3 is 2.58 bits per heavy atom. The van der Waals surface area contributed by atoms with Crippen LogP contribution in [0.15, 0.2) is 18.2 Å². The molecule has 2 rings (SSSR count). The largest absolute Gasteiger partial charge is 0.322 e. The third kappa shape index (κ3) is 2.96. The van der Waals surface area contributed by atoms with Crippen molar-refractivity contribution in [1.29, 1.82) is 5.26 Å². The second kappa shape index (κ2) is 5.88. The van der Waals surface area contributed by atoms with Gasteiger partial charge in [0, 0.05) is 11.6 Å². The van der Waals surface area contributed by atoms with E-state index in [2.05, 4.69) is 6.07 Å². The van der Waals surface area contributed by atoms with Crippen LogP contribution in [0.25, 0.3) is 0 Å². The van der Waals surface area contributed by atoms with Gasteiger partial charge in [0.2, 0.25) is 0 Å². The first kappa shape index (κ1) is 13.6. The fraction of sp³-hybridized carbons (Fsp3) is 0.500. The van der Waals surface area contributed by atoms with Crippen LogP contribution in [0, 0.1) is 25.2 Å². The number of benzene rings is 1. The highest BCUT2D eigenvalue weighted by molar-refractivity contribution is 5.94. The molecular formula is C16H20N2O. The fourth-order valence-electron chi connectivity index (χ4n) is 2.70. The summed E-state index contributed by atoms with van der Waals surface area (Å²) in [6.45, 7) is 4.24. The third-order valence-corrected chi connectivity index (χ3v) is 4.02. The minimum atomic E-state index is -0.00319. The number of rotatable bonds is 3. The lowest BCUT2D eigenvalue weighted by atomic mass is 10.0. The first-order valence-corrected chi connectivity index (χ1v) is 6.88. The fourth-order valence-corrected chi connectivity index (χ4v) is 2.70. The highest BCUT2D eigenvalue weighted by Gasteiger charge is 2.27. The van der Waals surface area contributed by atoms with Crippen LogP contribution in [0.4, 0.5) is 0 Å². The summed E-state index contributed by atoms with van der Waals surface area (Å²) < 4.78 is 0. The van der Waals surface area contributed by atoms with E-state index < -0.39 is 0 Å². The average Bonchev–Trinajstić information content (AvgIpc) is 2.92. The number of aryl methyl sites for hydroxylation is 2. The van der Waals surface area contributed by atoms with Crippen LogP contribution in [-0.4, -0.2) is 23.4 Å². The lowest BCUT2D eigenvalue weighted by Crippen LogP contribution is -2.39. The second-order valence-electron chi connectivity index (χ2n) is 5.33. The van der Waals surface area contributed by atoms with Gasteiger partial charge in [0.1, 0.15) is 6.54 Å². The van der Waals surface area contributed by atoms with Crippen molar-refractivity contribution in [2.24, 2.45) is 0 Å². The molecule has 0 aromatic heterocycles. The van der Waals surface area contributed by atoms with Gasteiger partial charge in [0.05, 0.1) is 6.07 Å². The molecule has 1 amide bonds. The molecule has 0 unspecified atom stereocenters. The molecular weight excluding hydrogens is 236 g/mol. The van der Waals surface area contributed by atoms with Crippen LogP contribution in [0.5, 0.6) is 0 Å². The van der Waals surface area contributed by atoms with Crippen molar-refractivity contribution in [3.63, 3.8) is 0 Å². The Morgan fingerprint density at radius 1 is 1.32 bits per heavy atom. The molecule has 0 spiro atoms. The number of carbonyl (C=O) groups excluding carboxylic acids is 1. The lowest BCUT2D eigenvalue weighted by Gasteiger charge is -2.26. The van der Waals surface area contributed by atoms with Gasteiger partial charge in [-0.15, -0.1) is 0 Å². The van der Waals surface area contributed by atoms with Gasteiger partial charge in [-0.1, -0.05) is 18.9 Å². The Kier molecular flexibility index (Phi) is 4.21. The highest BCUT2D eigenvalue weighted by Crippen LogP contribution is 2.25. The molecule has 3 nitrogen and oxygen atoms in total. The van der Waals surface area contributed by atoms with Gasteiger partial charge in [-0.3, -0.25) is 4.79 Å². The Bertz CT molecular complexity index is 510. The number of carbonyl (C=O) groups is 1. The number of hydrogen-bond acceptors (Lipinski definition) is 2. The predicted molar refractivity (Wildman–Crippen MR) is 74.8 cm³/mol. The molecule has 1 aliphatic carbocycles. The summed E-state index contributed by atoms with van der Waals surface area (Å²) in [5, 5.41) is 8.95. The molecule has 1 aromatic carbocycles. The van der Waals surface area contributed by atoms with Crippen molar-refractivity contribution in [2.75, 3.05) is 6.54 Å². The summed E-state index contributed by atoms with van der Waals surface area (Å²) in [5.74, 6) is -0.00319. The first-order valence-electron chi connectivity index (χ1n) is 6.88. The highest BCUT2D eigenvalue weighted by atomic mass is 16.2. The standard InChI is InChI=1S/C16H20N2O/c1-12-7-8-14(11-13(12)2)16(19)18(10-9-17)15-5-3-4-6-15/h7-8,11,15H,3-6,10H2,1-2H3. The third-order valence-electron chi connectivity index (χ3n) is 4.02. The van der Waals surface area contributed by atoms with Crippen LogP contribution in [0.1, 0.15) is 47.2 Å². The predicted octanol–water partition coefficient (Wildman–Crippen LogP) is 3.21. The van der Waals surface area contributed by atoms with E-state index in [0.717, 1.165) is 31.2 Å². The van der Waals surface area contributed by atoms with Crippen LogP contribution >= 0.6 is 0 Å². The van der Waals surface area contributed by atoms with Gasteiger partial charge in [-0.05, 0) is 49.9 Å². The second-order valence-corrected chi connectivity index (χ2v) is 5.33. The topological polar surface area (TPSA) is 44.1 Å². The maximum Gasteiger partial charge on any atom is 0.254 e. The van der Waals surface area contributed by atoms with E-state index in [4.69, 9.17) is 5.26 Å². The molecule has 0 bridgehead atoms. The molecule has 0 N–H and O–H groups in total. The summed E-state index contributed by atoms with van der Waals surface area (Å²) >= 11 is 0. The lowest BCUT2D eigenvalue weighted by molar-refractivity contribution is 0.0709. The quantitative estimate of drug-likeness (QED) is 0.779. The Morgan fingerprint density at radius 2 is 2.00 bits per heavy atom. The van der Waals surface area contributed by atoms with Gasteiger partial charge >= 0.3 is 0 Å². The maximum absolute atomic E-state index is 12.6. The summed E-state index contributed by atoms with van der Waals surface area (Å²) in [7, 11) is 0. The van der Waals surface area contributed by atoms with Gasteiger partial charge in [-0.25, -0.2) is 0 Å². The summed E-state index contributed by atoms with van der Waals surface area (Å²) in [5.41, 5.74) is 3.00. The molecule has 1 aromatic rings. The molecule has 100 valence electrons. The minimum Gasteiger partial charge on any atom is -0.322 e. The van der Waals surface area contributed by atoms with E-state index in [0.29, 0.717) is 5.56 Å². The smallest absolute Gasteiger partial charge is 0.254 e. The van der Waals surface area contributed by atoms with Gasteiger partial charge in [-0.2, -0.15) is 5.26 Å². The van der Waals surface area contributed by atoms with Crippen molar-refractivity contribution in [2.45, 2.75) is 45.6 Å². The Hall–Kier alpha value is -1.82. The molecule has 0 atom stereocenters. The number of nitriles is 1. The van der Waals surface area contributed by atoms with Crippen molar-refractivity contribution >= 4 is 5.91 Å². The molecule has 1 fully saturated rings. The van der Waals surface area contributed by atoms with E-state index >= 15 is 0 Å². The Labute approximate surface area is 114 Å². The van der Waals surface area contributed by atoms with Gasteiger partial charge < -0.3 is 4.90 Å². The molecule has 0 radical (unpaired) electrons. The number of hydrogen-bond donors (Lipinski definition) is 0. The van der Waals surface area contributed by atoms with Crippen molar-refractivity contribution in [3.05, 3.63) is 34.9 Å². The van der Waals surface area contributed by atoms with E-state index in [1.54, 1.807) is 4.90 Å². The maximum atomic E-state index is 12.6. The Balaban J connectivity index is 2.23.